The SMILES string of the molecule is COc1ccc(C(=O)C2CCC(C(=O)O)C2)c(OC)c1. The lowest BCUT2D eigenvalue weighted by molar-refractivity contribution is -0.141. The molecule has 1 aliphatic carbocycles. The molecule has 2 atom stereocenters. The van der Waals surface area contributed by atoms with Crippen molar-refractivity contribution in [1.82, 2.24) is 0 Å². The van der Waals surface area contributed by atoms with Gasteiger partial charge in [-0.3, -0.25) is 9.59 Å². The number of benzene rings is 1. The van der Waals surface area contributed by atoms with Gasteiger partial charge >= 0.3 is 5.97 Å². The van der Waals surface area contributed by atoms with E-state index < -0.39 is 11.9 Å². The molecule has 1 N–H and O–H groups in total. The number of Topliss-reactive ketones (excluding diaryl/α,β-unsaturated/α-hetero) is 1. The van der Waals surface area contributed by atoms with Gasteiger partial charge in [0.1, 0.15) is 11.5 Å². The second-order valence-electron chi connectivity index (χ2n) is 4.98. The molecule has 2 unspecified atom stereocenters. The lowest BCUT2D eigenvalue weighted by atomic mass is 9.94. The number of rotatable bonds is 5. The second-order valence-corrected chi connectivity index (χ2v) is 4.98. The minimum absolute atomic E-state index is 0.0479. The second kappa shape index (κ2) is 5.94. The van der Waals surface area contributed by atoms with Crippen molar-refractivity contribution in [3.05, 3.63) is 23.8 Å². The van der Waals surface area contributed by atoms with E-state index in [0.29, 0.717) is 36.3 Å². The Morgan fingerprint density at radius 2 is 1.85 bits per heavy atom. The Morgan fingerprint density at radius 3 is 2.40 bits per heavy atom. The van der Waals surface area contributed by atoms with E-state index >= 15 is 0 Å². The van der Waals surface area contributed by atoms with Gasteiger partial charge < -0.3 is 14.6 Å². The van der Waals surface area contributed by atoms with Crippen molar-refractivity contribution in [2.45, 2.75) is 19.3 Å². The first kappa shape index (κ1) is 14.4. The quantitative estimate of drug-likeness (QED) is 0.837. The van der Waals surface area contributed by atoms with E-state index in [4.69, 9.17) is 14.6 Å². The largest absolute Gasteiger partial charge is 0.497 e. The van der Waals surface area contributed by atoms with E-state index in [1.807, 2.05) is 0 Å². The molecule has 0 heterocycles. The molecule has 1 aromatic rings. The smallest absolute Gasteiger partial charge is 0.306 e. The Labute approximate surface area is 117 Å². The molecule has 0 bridgehead atoms. The Hall–Kier alpha value is -2.04. The highest BCUT2D eigenvalue weighted by Crippen LogP contribution is 2.36. The van der Waals surface area contributed by atoms with Crippen LogP contribution in [-0.2, 0) is 4.79 Å². The third-order valence-corrected chi connectivity index (χ3v) is 3.83. The fraction of sp³-hybridized carbons (Fsp3) is 0.467. The first-order valence-corrected chi connectivity index (χ1v) is 6.55. The number of carbonyl (C=O) groups excluding carboxylic acids is 1. The molecule has 0 amide bonds. The van der Waals surface area contributed by atoms with Crippen molar-refractivity contribution in [3.8, 4) is 11.5 Å². The first-order chi connectivity index (χ1) is 9.56. The highest BCUT2D eigenvalue weighted by molar-refractivity contribution is 6.01. The molecule has 0 aromatic heterocycles. The van der Waals surface area contributed by atoms with Crippen molar-refractivity contribution in [3.63, 3.8) is 0 Å². The van der Waals surface area contributed by atoms with Crippen LogP contribution in [0.4, 0.5) is 0 Å². The van der Waals surface area contributed by atoms with Crippen molar-refractivity contribution in [1.29, 1.82) is 0 Å². The van der Waals surface area contributed by atoms with Crippen LogP contribution >= 0.6 is 0 Å². The summed E-state index contributed by atoms with van der Waals surface area (Å²) in [6, 6.07) is 5.05. The molecule has 0 aliphatic heterocycles. The Kier molecular flexibility index (Phi) is 4.27. The molecular formula is C15H18O5. The third kappa shape index (κ3) is 2.76. The number of carbonyl (C=O) groups is 2. The lowest BCUT2D eigenvalue weighted by Gasteiger charge is -2.13. The predicted octanol–water partition coefficient (Wildman–Crippen LogP) is 2.39. The predicted molar refractivity (Wildman–Crippen MR) is 72.3 cm³/mol. The monoisotopic (exact) mass is 278 g/mol. The molecule has 1 saturated carbocycles. The average molecular weight is 278 g/mol. The number of ether oxygens (including phenoxy) is 2. The van der Waals surface area contributed by atoms with Gasteiger partial charge in [-0.05, 0) is 31.4 Å². The number of ketones is 1. The maximum Gasteiger partial charge on any atom is 0.306 e. The average Bonchev–Trinajstić information content (AvgIpc) is 2.95. The van der Waals surface area contributed by atoms with E-state index in [2.05, 4.69) is 0 Å². The number of hydrogen-bond acceptors (Lipinski definition) is 4. The summed E-state index contributed by atoms with van der Waals surface area (Å²) in [4.78, 5) is 23.4. The number of carboxylic acid groups (broad SMARTS) is 1. The van der Waals surface area contributed by atoms with E-state index in [1.54, 1.807) is 25.3 Å². The summed E-state index contributed by atoms with van der Waals surface area (Å²) in [6.07, 6.45) is 1.58. The number of aliphatic carboxylic acids is 1. The van der Waals surface area contributed by atoms with Crippen LogP contribution in [0, 0.1) is 11.8 Å². The van der Waals surface area contributed by atoms with Crippen LogP contribution in [0.2, 0.25) is 0 Å². The maximum absolute atomic E-state index is 12.5. The normalized spacial score (nSPS) is 21.5. The molecule has 20 heavy (non-hydrogen) atoms. The van der Waals surface area contributed by atoms with Crippen molar-refractivity contribution in [2.24, 2.45) is 11.8 Å². The summed E-state index contributed by atoms with van der Waals surface area (Å²) >= 11 is 0. The van der Waals surface area contributed by atoms with Crippen LogP contribution < -0.4 is 9.47 Å². The number of carboxylic acids is 1. The molecule has 5 heteroatoms. The molecule has 5 nitrogen and oxygen atoms in total. The topological polar surface area (TPSA) is 72.8 Å². The zero-order valence-corrected chi connectivity index (χ0v) is 11.6. The van der Waals surface area contributed by atoms with Crippen molar-refractivity contribution in [2.75, 3.05) is 14.2 Å². The third-order valence-electron chi connectivity index (χ3n) is 3.83. The fourth-order valence-electron chi connectivity index (χ4n) is 2.67. The van der Waals surface area contributed by atoms with E-state index in [9.17, 15) is 9.59 Å². The first-order valence-electron chi connectivity index (χ1n) is 6.55. The maximum atomic E-state index is 12.5. The molecule has 1 fully saturated rings. The minimum Gasteiger partial charge on any atom is -0.497 e. The highest BCUT2D eigenvalue weighted by atomic mass is 16.5. The zero-order chi connectivity index (χ0) is 14.7. The van der Waals surface area contributed by atoms with Crippen LogP contribution in [0.3, 0.4) is 0 Å². The molecular weight excluding hydrogens is 260 g/mol. The van der Waals surface area contributed by atoms with Crippen LogP contribution in [0.5, 0.6) is 11.5 Å². The van der Waals surface area contributed by atoms with E-state index in [1.165, 1.54) is 7.11 Å². The standard InChI is InChI=1S/C15H18O5/c1-19-11-5-6-12(13(8-11)20-2)14(16)9-3-4-10(7-9)15(17)18/h5-6,8-10H,3-4,7H2,1-2H3,(H,17,18). The van der Waals surface area contributed by atoms with Gasteiger partial charge in [0.2, 0.25) is 0 Å². The fourth-order valence-corrected chi connectivity index (χ4v) is 2.67. The van der Waals surface area contributed by atoms with Gasteiger partial charge in [-0.1, -0.05) is 0 Å². The Balaban J connectivity index is 2.19. The summed E-state index contributed by atoms with van der Waals surface area (Å²) in [5.41, 5.74) is 0.490. The van der Waals surface area contributed by atoms with Crippen LogP contribution in [0.15, 0.2) is 18.2 Å². The molecule has 1 aliphatic rings. The molecule has 108 valence electrons. The van der Waals surface area contributed by atoms with Gasteiger partial charge in [-0.15, -0.1) is 0 Å². The van der Waals surface area contributed by atoms with Gasteiger partial charge in [0, 0.05) is 12.0 Å². The van der Waals surface area contributed by atoms with Gasteiger partial charge in [-0.25, -0.2) is 0 Å². The minimum atomic E-state index is -0.818. The lowest BCUT2D eigenvalue weighted by Crippen LogP contribution is -2.15. The van der Waals surface area contributed by atoms with Crippen LogP contribution in [0.25, 0.3) is 0 Å². The summed E-state index contributed by atoms with van der Waals surface area (Å²) in [7, 11) is 3.05. The summed E-state index contributed by atoms with van der Waals surface area (Å²) in [5.74, 6) is -0.428. The zero-order valence-electron chi connectivity index (χ0n) is 11.6. The Bertz CT molecular complexity index is 523. The van der Waals surface area contributed by atoms with Gasteiger partial charge in [0.15, 0.2) is 5.78 Å². The summed E-state index contributed by atoms with van der Waals surface area (Å²) < 4.78 is 10.3. The summed E-state index contributed by atoms with van der Waals surface area (Å²) in [6.45, 7) is 0. The van der Waals surface area contributed by atoms with Crippen LogP contribution in [-0.4, -0.2) is 31.1 Å². The summed E-state index contributed by atoms with van der Waals surface area (Å²) in [5, 5.41) is 9.00. The Morgan fingerprint density at radius 1 is 1.15 bits per heavy atom. The van der Waals surface area contributed by atoms with Crippen molar-refractivity contribution < 1.29 is 24.2 Å². The van der Waals surface area contributed by atoms with Gasteiger partial charge in [0.05, 0.1) is 25.7 Å². The molecule has 0 saturated heterocycles. The molecule has 2 rings (SSSR count). The number of methoxy groups -OCH3 is 2. The van der Waals surface area contributed by atoms with Gasteiger partial charge in [-0.2, -0.15) is 0 Å². The number of hydrogen-bond donors (Lipinski definition) is 1. The van der Waals surface area contributed by atoms with Crippen LogP contribution in [0.1, 0.15) is 29.6 Å². The molecule has 0 spiro atoms. The molecule has 1 aromatic carbocycles. The van der Waals surface area contributed by atoms with E-state index in [0.717, 1.165) is 0 Å². The van der Waals surface area contributed by atoms with E-state index in [-0.39, 0.29) is 11.7 Å². The highest BCUT2D eigenvalue weighted by Gasteiger charge is 2.35. The van der Waals surface area contributed by atoms with Crippen molar-refractivity contribution >= 4 is 11.8 Å². The van der Waals surface area contributed by atoms with Gasteiger partial charge in [0.25, 0.3) is 0 Å². The molecule has 0 radical (unpaired) electrons.